The zero-order valence-corrected chi connectivity index (χ0v) is 12.1. The molecule has 2 fully saturated rings. The number of halogens is 2. The molecule has 0 bridgehead atoms. The van der Waals surface area contributed by atoms with Crippen molar-refractivity contribution in [1.82, 2.24) is 0 Å². The van der Waals surface area contributed by atoms with Crippen LogP contribution in [0.25, 0.3) is 0 Å². The van der Waals surface area contributed by atoms with Gasteiger partial charge in [0.15, 0.2) is 0 Å². The predicted molar refractivity (Wildman–Crippen MR) is 76.8 cm³/mol. The Morgan fingerprint density at radius 1 is 1.20 bits per heavy atom. The fraction of sp³-hybridized carbons (Fsp3) is 0.600. The summed E-state index contributed by atoms with van der Waals surface area (Å²) in [7, 11) is 0. The smallest absolute Gasteiger partial charge is 0.141 e. The molecule has 1 aromatic carbocycles. The minimum absolute atomic E-state index is 0.0311. The molecule has 1 aromatic rings. The first-order chi connectivity index (χ1) is 9.58. The molecule has 5 heteroatoms. The van der Waals surface area contributed by atoms with Gasteiger partial charge in [0.2, 0.25) is 0 Å². The van der Waals surface area contributed by atoms with Crippen LogP contribution in [0.2, 0.25) is 0 Å². The Balaban J connectivity index is 1.74. The van der Waals surface area contributed by atoms with Crippen molar-refractivity contribution in [2.24, 2.45) is 0 Å². The van der Waals surface area contributed by atoms with Crippen LogP contribution < -0.4 is 5.73 Å². The molecule has 1 atom stereocenters. The van der Waals surface area contributed by atoms with Gasteiger partial charge in [0.05, 0.1) is 10.5 Å². The van der Waals surface area contributed by atoms with Crippen LogP contribution in [-0.2, 0) is 4.74 Å². The molecular formula is C15H19F2NOS. The third-order valence-electron chi connectivity index (χ3n) is 4.27. The van der Waals surface area contributed by atoms with E-state index in [1.165, 1.54) is 36.7 Å². The number of anilines is 1. The van der Waals surface area contributed by atoms with Crippen LogP contribution in [0.15, 0.2) is 17.0 Å². The molecule has 1 unspecified atom stereocenters. The Kier molecular flexibility index (Phi) is 3.91. The van der Waals surface area contributed by atoms with E-state index in [0.717, 1.165) is 25.7 Å². The first-order valence-corrected chi connectivity index (χ1v) is 8.01. The van der Waals surface area contributed by atoms with E-state index in [0.29, 0.717) is 6.61 Å². The van der Waals surface area contributed by atoms with Crippen molar-refractivity contribution in [1.29, 1.82) is 0 Å². The molecule has 0 aromatic heterocycles. The first kappa shape index (κ1) is 14.1. The van der Waals surface area contributed by atoms with Crippen LogP contribution in [0.4, 0.5) is 14.5 Å². The van der Waals surface area contributed by atoms with Gasteiger partial charge in [0.25, 0.3) is 0 Å². The summed E-state index contributed by atoms with van der Waals surface area (Å²) in [6, 6.07) is 2.38. The zero-order chi connectivity index (χ0) is 14.2. The quantitative estimate of drug-likeness (QED) is 0.834. The van der Waals surface area contributed by atoms with E-state index in [-0.39, 0.29) is 21.4 Å². The highest BCUT2D eigenvalue weighted by Crippen LogP contribution is 2.45. The average Bonchev–Trinajstić information content (AvgIpc) is 2.82. The van der Waals surface area contributed by atoms with Gasteiger partial charge >= 0.3 is 0 Å². The molecule has 1 spiro atoms. The maximum atomic E-state index is 13.9. The zero-order valence-electron chi connectivity index (χ0n) is 11.3. The minimum Gasteiger partial charge on any atom is -0.399 e. The Morgan fingerprint density at radius 2 is 1.85 bits per heavy atom. The van der Waals surface area contributed by atoms with Crippen LogP contribution in [0.1, 0.15) is 38.5 Å². The lowest BCUT2D eigenvalue weighted by Crippen LogP contribution is -2.38. The van der Waals surface area contributed by atoms with Crippen LogP contribution >= 0.6 is 11.8 Å². The van der Waals surface area contributed by atoms with Gasteiger partial charge in [-0.15, -0.1) is 11.8 Å². The number of hydrogen-bond acceptors (Lipinski definition) is 3. The van der Waals surface area contributed by atoms with Gasteiger partial charge in [0, 0.05) is 17.5 Å². The van der Waals surface area contributed by atoms with Crippen LogP contribution in [0.3, 0.4) is 0 Å². The molecule has 1 heterocycles. The summed E-state index contributed by atoms with van der Waals surface area (Å²) in [5, 5.41) is 0.217. The number of ether oxygens (including phenoxy) is 1. The lowest BCUT2D eigenvalue weighted by molar-refractivity contribution is -0.0704. The summed E-state index contributed by atoms with van der Waals surface area (Å²) in [5.74, 6) is -1.11. The molecular weight excluding hydrogens is 280 g/mol. The number of thioether (sulfide) groups is 1. The van der Waals surface area contributed by atoms with Crippen molar-refractivity contribution in [2.75, 3.05) is 12.3 Å². The van der Waals surface area contributed by atoms with Crippen molar-refractivity contribution >= 4 is 17.4 Å². The molecule has 2 N–H and O–H groups in total. The number of benzene rings is 1. The van der Waals surface area contributed by atoms with Gasteiger partial charge in [-0.3, -0.25) is 0 Å². The Morgan fingerprint density at radius 3 is 2.50 bits per heavy atom. The Bertz CT molecular complexity index is 480. The average molecular weight is 299 g/mol. The van der Waals surface area contributed by atoms with Gasteiger partial charge < -0.3 is 10.5 Å². The topological polar surface area (TPSA) is 35.2 Å². The minimum atomic E-state index is -0.556. The van der Waals surface area contributed by atoms with Gasteiger partial charge in [-0.2, -0.15) is 0 Å². The van der Waals surface area contributed by atoms with Gasteiger partial charge in [0.1, 0.15) is 11.6 Å². The van der Waals surface area contributed by atoms with Gasteiger partial charge in [-0.05, 0) is 37.8 Å². The molecule has 1 saturated heterocycles. The molecule has 2 nitrogen and oxygen atoms in total. The highest BCUT2D eigenvalue weighted by Gasteiger charge is 2.40. The monoisotopic (exact) mass is 299 g/mol. The first-order valence-electron chi connectivity index (χ1n) is 7.13. The van der Waals surface area contributed by atoms with E-state index in [2.05, 4.69) is 0 Å². The fourth-order valence-electron chi connectivity index (χ4n) is 3.31. The maximum Gasteiger partial charge on any atom is 0.141 e. The molecule has 1 saturated carbocycles. The molecule has 2 aliphatic rings. The second kappa shape index (κ2) is 5.53. The largest absolute Gasteiger partial charge is 0.399 e. The molecule has 0 radical (unpaired) electrons. The molecule has 110 valence electrons. The van der Waals surface area contributed by atoms with E-state index in [1.54, 1.807) is 0 Å². The molecule has 1 aliphatic carbocycles. The summed E-state index contributed by atoms with van der Waals surface area (Å²) in [4.78, 5) is 0.0965. The van der Waals surface area contributed by atoms with Crippen molar-refractivity contribution < 1.29 is 13.5 Å². The lowest BCUT2D eigenvalue weighted by atomic mass is 9.92. The van der Waals surface area contributed by atoms with E-state index in [9.17, 15) is 8.78 Å². The van der Waals surface area contributed by atoms with Gasteiger partial charge in [-0.1, -0.05) is 12.8 Å². The predicted octanol–water partition coefficient (Wildman–Crippen LogP) is 4.13. The van der Waals surface area contributed by atoms with Gasteiger partial charge in [-0.25, -0.2) is 8.78 Å². The lowest BCUT2D eigenvalue weighted by Gasteiger charge is -2.38. The molecule has 0 amide bonds. The highest BCUT2D eigenvalue weighted by atomic mass is 32.2. The molecule has 20 heavy (non-hydrogen) atoms. The number of nitrogens with two attached hydrogens (primary N) is 1. The van der Waals surface area contributed by atoms with Crippen molar-refractivity contribution in [3.8, 4) is 0 Å². The maximum absolute atomic E-state index is 13.9. The second-order valence-corrected chi connectivity index (χ2v) is 7.10. The summed E-state index contributed by atoms with van der Waals surface area (Å²) < 4.78 is 33.7. The van der Waals surface area contributed by atoms with Crippen LogP contribution in [0, 0.1) is 11.6 Å². The van der Waals surface area contributed by atoms with Crippen LogP contribution in [0.5, 0.6) is 0 Å². The third-order valence-corrected chi connectivity index (χ3v) is 5.63. The Labute approximate surface area is 122 Å². The Hall–Kier alpha value is -0.810. The molecule has 3 rings (SSSR count). The van der Waals surface area contributed by atoms with Crippen molar-refractivity contribution in [3.63, 3.8) is 0 Å². The summed E-state index contributed by atoms with van der Waals surface area (Å²) in [6.45, 7) is 0.690. The summed E-state index contributed by atoms with van der Waals surface area (Å²) >= 11 is 1.30. The number of rotatable bonds is 2. The SMILES string of the molecule is Nc1cc(F)c(SC2CCOC3(CCCC3)C2)c(F)c1. The number of nitrogen functional groups attached to an aromatic ring is 1. The second-order valence-electron chi connectivity index (χ2n) is 5.78. The standard InChI is InChI=1S/C15H19F2NOS/c16-12-7-10(18)8-13(17)14(12)20-11-3-6-19-15(9-11)4-1-2-5-15/h7-8,11H,1-6,9,18H2. The van der Waals surface area contributed by atoms with E-state index >= 15 is 0 Å². The summed E-state index contributed by atoms with van der Waals surface area (Å²) in [6.07, 6.45) is 6.29. The number of hydrogen-bond donors (Lipinski definition) is 1. The van der Waals surface area contributed by atoms with Crippen molar-refractivity contribution in [3.05, 3.63) is 23.8 Å². The molecule has 1 aliphatic heterocycles. The van der Waals surface area contributed by atoms with E-state index < -0.39 is 11.6 Å². The summed E-state index contributed by atoms with van der Waals surface area (Å²) in [5.41, 5.74) is 5.54. The van der Waals surface area contributed by atoms with Crippen molar-refractivity contribution in [2.45, 2.75) is 54.3 Å². The van der Waals surface area contributed by atoms with E-state index in [4.69, 9.17) is 10.5 Å². The van der Waals surface area contributed by atoms with Crippen LogP contribution in [-0.4, -0.2) is 17.5 Å². The third kappa shape index (κ3) is 2.79. The fourth-order valence-corrected chi connectivity index (χ4v) is 4.59. The van der Waals surface area contributed by atoms with E-state index in [1.807, 2.05) is 0 Å². The highest BCUT2D eigenvalue weighted by molar-refractivity contribution is 8.00. The normalized spacial score (nSPS) is 25.2.